The topological polar surface area (TPSA) is 48.9 Å². The van der Waals surface area contributed by atoms with Gasteiger partial charge in [-0.1, -0.05) is 5.92 Å². The van der Waals surface area contributed by atoms with Gasteiger partial charge in [0.25, 0.3) is 0 Å². The second kappa shape index (κ2) is 10.6. The summed E-state index contributed by atoms with van der Waals surface area (Å²) < 4.78 is 5.28. The van der Waals surface area contributed by atoms with E-state index in [4.69, 9.17) is 11.2 Å². The van der Waals surface area contributed by atoms with Crippen LogP contribution in [0.15, 0.2) is 4.99 Å². The molecule has 0 aromatic rings. The van der Waals surface area contributed by atoms with Gasteiger partial charge in [0.05, 0.1) is 19.8 Å². The molecule has 2 N–H and O–H groups in total. The Hall–Kier alpha value is -0.520. The maximum Gasteiger partial charge on any atom is 0.191 e. The van der Waals surface area contributed by atoms with Gasteiger partial charge in [0.15, 0.2) is 5.96 Å². The largest absolute Gasteiger partial charge is 0.379 e. The number of ether oxygens (including phenoxy) is 1. The van der Waals surface area contributed by atoms with Gasteiger partial charge in [-0.2, -0.15) is 0 Å². The predicted molar refractivity (Wildman–Crippen MR) is 80.9 cm³/mol. The number of halogens is 1. The summed E-state index contributed by atoms with van der Waals surface area (Å²) in [5.74, 6) is 3.27. The molecule has 5 nitrogen and oxygen atoms in total. The lowest BCUT2D eigenvalue weighted by Gasteiger charge is -2.26. The van der Waals surface area contributed by atoms with E-state index < -0.39 is 0 Å². The van der Waals surface area contributed by atoms with Crippen LogP contribution in [0, 0.1) is 12.3 Å². The Morgan fingerprint density at radius 3 is 2.71 bits per heavy atom. The number of guanidine groups is 1. The fourth-order valence-electron chi connectivity index (χ4n) is 1.51. The maximum absolute atomic E-state index is 5.28. The molecular formula is C11H21IN4O. The number of nitrogens with zero attached hydrogens (tertiary/aromatic N) is 2. The van der Waals surface area contributed by atoms with Crippen molar-refractivity contribution in [2.75, 3.05) is 53.0 Å². The van der Waals surface area contributed by atoms with E-state index >= 15 is 0 Å². The molecule has 1 rings (SSSR count). The lowest BCUT2D eigenvalue weighted by molar-refractivity contribution is 0.0389. The van der Waals surface area contributed by atoms with Crippen molar-refractivity contribution in [2.45, 2.75) is 0 Å². The summed E-state index contributed by atoms with van der Waals surface area (Å²) in [4.78, 5) is 6.43. The highest BCUT2D eigenvalue weighted by atomic mass is 127. The summed E-state index contributed by atoms with van der Waals surface area (Å²) in [6.45, 7) is 6.06. The lowest BCUT2D eigenvalue weighted by Crippen LogP contribution is -2.44. The standard InChI is InChI=1S/C11H20N4O.HI/c1-3-4-13-11(12-2)14-5-6-15-7-9-16-10-8-15;/h1H,4-10H2,2H3,(H2,12,13,14);1H. The van der Waals surface area contributed by atoms with Gasteiger partial charge in [0.2, 0.25) is 0 Å². The van der Waals surface area contributed by atoms with E-state index in [1.54, 1.807) is 7.05 Å². The zero-order chi connectivity index (χ0) is 11.6. The normalized spacial score (nSPS) is 16.8. The summed E-state index contributed by atoms with van der Waals surface area (Å²) in [5.41, 5.74) is 0. The molecule has 0 aliphatic carbocycles. The van der Waals surface area contributed by atoms with Crippen LogP contribution >= 0.6 is 24.0 Å². The zero-order valence-electron chi connectivity index (χ0n) is 10.2. The minimum absolute atomic E-state index is 0. The molecule has 6 heteroatoms. The van der Waals surface area contributed by atoms with Crippen molar-refractivity contribution in [1.29, 1.82) is 0 Å². The quantitative estimate of drug-likeness (QED) is 0.317. The molecule has 0 saturated carbocycles. The highest BCUT2D eigenvalue weighted by molar-refractivity contribution is 14.0. The minimum Gasteiger partial charge on any atom is -0.379 e. The molecule has 1 fully saturated rings. The van der Waals surface area contributed by atoms with Gasteiger partial charge in [-0.25, -0.2) is 0 Å². The molecule has 17 heavy (non-hydrogen) atoms. The van der Waals surface area contributed by atoms with Gasteiger partial charge in [-0.15, -0.1) is 30.4 Å². The summed E-state index contributed by atoms with van der Waals surface area (Å²) in [7, 11) is 1.74. The van der Waals surface area contributed by atoms with Gasteiger partial charge < -0.3 is 15.4 Å². The first-order chi connectivity index (χ1) is 7.86. The summed E-state index contributed by atoms with van der Waals surface area (Å²) in [5, 5.41) is 6.23. The molecule has 1 heterocycles. The van der Waals surface area contributed by atoms with Crippen LogP contribution in [-0.2, 0) is 4.74 Å². The predicted octanol–water partition coefficient (Wildman–Crippen LogP) is -0.265. The summed E-state index contributed by atoms with van der Waals surface area (Å²) >= 11 is 0. The zero-order valence-corrected chi connectivity index (χ0v) is 12.6. The monoisotopic (exact) mass is 352 g/mol. The van der Waals surface area contributed by atoms with E-state index in [0.717, 1.165) is 45.4 Å². The highest BCUT2D eigenvalue weighted by Gasteiger charge is 2.09. The Kier molecular flexibility index (Phi) is 10.3. The molecular weight excluding hydrogens is 331 g/mol. The third-order valence-electron chi connectivity index (χ3n) is 2.41. The SMILES string of the molecule is C#CCNC(=NC)NCCN1CCOCC1.I. The number of morpholine rings is 1. The van der Waals surface area contributed by atoms with Crippen LogP contribution in [-0.4, -0.2) is 63.8 Å². The lowest BCUT2D eigenvalue weighted by atomic mass is 10.4. The molecule has 1 aliphatic rings. The van der Waals surface area contributed by atoms with Gasteiger partial charge in [0.1, 0.15) is 0 Å². The molecule has 1 saturated heterocycles. The third kappa shape index (κ3) is 7.41. The van der Waals surface area contributed by atoms with Gasteiger partial charge in [-0.05, 0) is 0 Å². The molecule has 0 amide bonds. The van der Waals surface area contributed by atoms with Crippen LogP contribution in [0.3, 0.4) is 0 Å². The molecule has 0 unspecified atom stereocenters. The van der Waals surface area contributed by atoms with Crippen LogP contribution in [0.2, 0.25) is 0 Å². The summed E-state index contributed by atoms with van der Waals surface area (Å²) in [6, 6.07) is 0. The van der Waals surface area contributed by atoms with Crippen LogP contribution in [0.5, 0.6) is 0 Å². The number of nitrogens with one attached hydrogen (secondary N) is 2. The fourth-order valence-corrected chi connectivity index (χ4v) is 1.51. The van der Waals surface area contributed by atoms with Crippen LogP contribution in [0.25, 0.3) is 0 Å². The van der Waals surface area contributed by atoms with Gasteiger partial charge in [-0.3, -0.25) is 9.89 Å². The minimum atomic E-state index is 0. The smallest absolute Gasteiger partial charge is 0.191 e. The van der Waals surface area contributed by atoms with Crippen LogP contribution < -0.4 is 10.6 Å². The first-order valence-corrected chi connectivity index (χ1v) is 5.55. The second-order valence-corrected chi connectivity index (χ2v) is 3.51. The maximum atomic E-state index is 5.28. The average Bonchev–Trinajstić information content (AvgIpc) is 2.35. The van der Waals surface area contributed by atoms with E-state index in [9.17, 15) is 0 Å². The van der Waals surface area contributed by atoms with Crippen molar-refractivity contribution in [3.63, 3.8) is 0 Å². The van der Waals surface area contributed by atoms with E-state index in [0.29, 0.717) is 6.54 Å². The Labute approximate surface area is 120 Å². The third-order valence-corrected chi connectivity index (χ3v) is 2.41. The molecule has 98 valence electrons. The number of aliphatic imine (C=N–C) groups is 1. The first kappa shape index (κ1) is 16.5. The number of terminal acetylenes is 1. The van der Waals surface area contributed by atoms with Crippen LogP contribution in [0.4, 0.5) is 0 Å². The van der Waals surface area contributed by atoms with E-state index in [1.165, 1.54) is 0 Å². The van der Waals surface area contributed by atoms with Crippen molar-refractivity contribution in [3.8, 4) is 12.3 Å². The van der Waals surface area contributed by atoms with Crippen molar-refractivity contribution in [1.82, 2.24) is 15.5 Å². The van der Waals surface area contributed by atoms with Crippen molar-refractivity contribution in [2.24, 2.45) is 4.99 Å². The Balaban J connectivity index is 0.00000256. The Morgan fingerprint density at radius 1 is 1.41 bits per heavy atom. The van der Waals surface area contributed by atoms with Crippen molar-refractivity contribution < 1.29 is 4.74 Å². The average molecular weight is 352 g/mol. The Morgan fingerprint density at radius 2 is 2.12 bits per heavy atom. The molecule has 0 atom stereocenters. The number of rotatable bonds is 4. The number of hydrogen-bond donors (Lipinski definition) is 2. The molecule has 1 aliphatic heterocycles. The van der Waals surface area contributed by atoms with Crippen LogP contribution in [0.1, 0.15) is 0 Å². The Bertz CT molecular complexity index is 259. The summed E-state index contributed by atoms with van der Waals surface area (Å²) in [6.07, 6.45) is 5.16. The molecule has 0 spiro atoms. The van der Waals surface area contributed by atoms with Gasteiger partial charge in [0, 0.05) is 33.2 Å². The second-order valence-electron chi connectivity index (χ2n) is 3.51. The molecule has 0 aromatic carbocycles. The highest BCUT2D eigenvalue weighted by Crippen LogP contribution is 1.94. The molecule has 0 radical (unpaired) electrons. The van der Waals surface area contributed by atoms with Crippen molar-refractivity contribution >= 4 is 29.9 Å². The van der Waals surface area contributed by atoms with Gasteiger partial charge >= 0.3 is 0 Å². The van der Waals surface area contributed by atoms with E-state index in [2.05, 4.69) is 26.4 Å². The fraction of sp³-hybridized carbons (Fsp3) is 0.727. The van der Waals surface area contributed by atoms with Crippen molar-refractivity contribution in [3.05, 3.63) is 0 Å². The van der Waals surface area contributed by atoms with E-state index in [1.807, 2.05) is 0 Å². The van der Waals surface area contributed by atoms with E-state index in [-0.39, 0.29) is 24.0 Å². The number of hydrogen-bond acceptors (Lipinski definition) is 3. The molecule has 0 bridgehead atoms. The first-order valence-electron chi connectivity index (χ1n) is 5.55. The molecule has 0 aromatic heterocycles.